The Labute approximate surface area is 99.1 Å². The van der Waals surface area contributed by atoms with Gasteiger partial charge in [0.15, 0.2) is 0 Å². The van der Waals surface area contributed by atoms with Crippen LogP contribution in [0.4, 0.5) is 5.69 Å². The van der Waals surface area contributed by atoms with Gasteiger partial charge >= 0.3 is 0 Å². The summed E-state index contributed by atoms with van der Waals surface area (Å²) in [5, 5.41) is 12.5. The van der Waals surface area contributed by atoms with Gasteiger partial charge in [-0.1, -0.05) is 13.8 Å². The molecule has 0 saturated carbocycles. The number of aromatic nitrogens is 1. The molecule has 0 saturated heterocycles. The van der Waals surface area contributed by atoms with E-state index in [0.29, 0.717) is 0 Å². The van der Waals surface area contributed by atoms with Crippen LogP contribution in [0.3, 0.4) is 0 Å². The van der Waals surface area contributed by atoms with Gasteiger partial charge < -0.3 is 10.4 Å². The fourth-order valence-corrected chi connectivity index (χ4v) is 1.32. The first-order valence-corrected chi connectivity index (χ1v) is 5.85. The Hall–Kier alpha value is -0.610. The van der Waals surface area contributed by atoms with Gasteiger partial charge in [0.1, 0.15) is 4.60 Å². The van der Waals surface area contributed by atoms with Gasteiger partial charge in [-0.3, -0.25) is 0 Å². The van der Waals surface area contributed by atoms with E-state index in [9.17, 15) is 5.11 Å². The van der Waals surface area contributed by atoms with Crippen LogP contribution in [0.2, 0.25) is 0 Å². The number of nitrogens with zero attached hydrogens (tertiary/aromatic N) is 1. The van der Waals surface area contributed by atoms with Crippen molar-refractivity contribution in [2.75, 3.05) is 18.5 Å². The summed E-state index contributed by atoms with van der Waals surface area (Å²) in [5.74, 6) is 0. The second-order valence-electron chi connectivity index (χ2n) is 4.05. The highest BCUT2D eigenvalue weighted by Crippen LogP contribution is 2.21. The minimum absolute atomic E-state index is 0.0624. The lowest BCUT2D eigenvalue weighted by Gasteiger charge is -2.26. The standard InChI is InChI=1S/C11H17BrN2O/c1-3-11(2,8-15)7-14-9-4-5-10(12)13-6-9/h4-6,14-15H,3,7-8H2,1-2H3. The molecule has 1 aromatic heterocycles. The molecule has 0 fully saturated rings. The summed E-state index contributed by atoms with van der Waals surface area (Å²) >= 11 is 3.28. The van der Waals surface area contributed by atoms with Crippen molar-refractivity contribution in [2.45, 2.75) is 20.3 Å². The van der Waals surface area contributed by atoms with Gasteiger partial charge in [0.2, 0.25) is 0 Å². The minimum atomic E-state index is -0.0624. The van der Waals surface area contributed by atoms with Crippen molar-refractivity contribution in [3.05, 3.63) is 22.9 Å². The number of aliphatic hydroxyl groups is 1. The highest BCUT2D eigenvalue weighted by Gasteiger charge is 2.20. The number of aliphatic hydroxyl groups excluding tert-OH is 1. The molecule has 0 aliphatic heterocycles. The Bertz CT molecular complexity index is 296. The maximum atomic E-state index is 9.24. The molecule has 84 valence electrons. The quantitative estimate of drug-likeness (QED) is 0.811. The van der Waals surface area contributed by atoms with Gasteiger partial charge in [0.25, 0.3) is 0 Å². The monoisotopic (exact) mass is 272 g/mol. The van der Waals surface area contributed by atoms with Crippen molar-refractivity contribution in [2.24, 2.45) is 5.41 Å². The van der Waals surface area contributed by atoms with Gasteiger partial charge in [-0.05, 0) is 34.5 Å². The van der Waals surface area contributed by atoms with Gasteiger partial charge in [0, 0.05) is 12.0 Å². The third-order valence-electron chi connectivity index (χ3n) is 2.68. The van der Waals surface area contributed by atoms with Crippen molar-refractivity contribution in [3.63, 3.8) is 0 Å². The van der Waals surface area contributed by atoms with E-state index < -0.39 is 0 Å². The van der Waals surface area contributed by atoms with Crippen molar-refractivity contribution < 1.29 is 5.11 Å². The van der Waals surface area contributed by atoms with Crippen LogP contribution in [0.15, 0.2) is 22.9 Å². The fourth-order valence-electron chi connectivity index (χ4n) is 1.09. The predicted molar refractivity (Wildman–Crippen MR) is 65.9 cm³/mol. The van der Waals surface area contributed by atoms with E-state index >= 15 is 0 Å². The molecule has 2 N–H and O–H groups in total. The largest absolute Gasteiger partial charge is 0.396 e. The average molecular weight is 273 g/mol. The molecule has 0 aliphatic rings. The molecule has 0 bridgehead atoms. The van der Waals surface area contributed by atoms with Crippen LogP contribution in [-0.2, 0) is 0 Å². The van der Waals surface area contributed by atoms with Gasteiger partial charge in [0.05, 0.1) is 18.5 Å². The number of nitrogens with one attached hydrogen (secondary N) is 1. The SMILES string of the molecule is CCC(C)(CO)CNc1ccc(Br)nc1. The lowest BCUT2D eigenvalue weighted by Crippen LogP contribution is -2.29. The summed E-state index contributed by atoms with van der Waals surface area (Å²) in [5.41, 5.74) is 0.916. The predicted octanol–water partition coefficient (Wildman–Crippen LogP) is 2.66. The number of anilines is 1. The van der Waals surface area contributed by atoms with E-state index in [2.05, 4.69) is 40.1 Å². The average Bonchev–Trinajstić information content (AvgIpc) is 2.28. The maximum Gasteiger partial charge on any atom is 0.106 e. The highest BCUT2D eigenvalue weighted by molar-refractivity contribution is 9.10. The molecule has 15 heavy (non-hydrogen) atoms. The van der Waals surface area contributed by atoms with E-state index in [4.69, 9.17) is 0 Å². The van der Waals surface area contributed by atoms with Crippen LogP contribution >= 0.6 is 15.9 Å². The number of pyridine rings is 1. The summed E-state index contributed by atoms with van der Waals surface area (Å²) in [6.07, 6.45) is 2.72. The van der Waals surface area contributed by atoms with Crippen LogP contribution in [0.5, 0.6) is 0 Å². The van der Waals surface area contributed by atoms with E-state index in [1.165, 1.54) is 0 Å². The maximum absolute atomic E-state index is 9.24. The summed E-state index contributed by atoms with van der Waals surface area (Å²) in [6.45, 7) is 5.09. The van der Waals surface area contributed by atoms with Crippen molar-refractivity contribution in [3.8, 4) is 0 Å². The van der Waals surface area contributed by atoms with Gasteiger partial charge in [-0.15, -0.1) is 0 Å². The van der Waals surface area contributed by atoms with Crippen molar-refractivity contribution in [1.82, 2.24) is 4.98 Å². The summed E-state index contributed by atoms with van der Waals surface area (Å²) in [7, 11) is 0. The first-order chi connectivity index (χ1) is 7.09. The van der Waals surface area contributed by atoms with Crippen LogP contribution < -0.4 is 5.32 Å². The Balaban J connectivity index is 2.53. The first-order valence-electron chi connectivity index (χ1n) is 5.06. The van der Waals surface area contributed by atoms with Crippen LogP contribution in [0.1, 0.15) is 20.3 Å². The van der Waals surface area contributed by atoms with Crippen LogP contribution in [0.25, 0.3) is 0 Å². The summed E-state index contributed by atoms with van der Waals surface area (Å²) in [6, 6.07) is 3.86. The molecular formula is C11H17BrN2O. The van der Waals surface area contributed by atoms with E-state index in [-0.39, 0.29) is 12.0 Å². The second kappa shape index (κ2) is 5.47. The van der Waals surface area contributed by atoms with Crippen LogP contribution in [-0.4, -0.2) is 23.2 Å². The van der Waals surface area contributed by atoms with E-state index in [1.54, 1.807) is 6.20 Å². The molecule has 1 heterocycles. The van der Waals surface area contributed by atoms with Crippen molar-refractivity contribution in [1.29, 1.82) is 0 Å². The molecule has 1 rings (SSSR count). The fraction of sp³-hybridized carbons (Fsp3) is 0.545. The molecule has 0 amide bonds. The van der Waals surface area contributed by atoms with E-state index in [0.717, 1.165) is 23.3 Å². The molecule has 0 aromatic carbocycles. The summed E-state index contributed by atoms with van der Waals surface area (Å²) in [4.78, 5) is 4.12. The third-order valence-corrected chi connectivity index (χ3v) is 3.15. The molecular weight excluding hydrogens is 256 g/mol. The Kier molecular flexibility index (Phi) is 4.54. The minimum Gasteiger partial charge on any atom is -0.396 e. The van der Waals surface area contributed by atoms with Gasteiger partial charge in [-0.25, -0.2) is 4.98 Å². The molecule has 0 spiro atoms. The smallest absolute Gasteiger partial charge is 0.106 e. The Morgan fingerprint density at radius 1 is 1.53 bits per heavy atom. The number of halogens is 1. The third kappa shape index (κ3) is 3.80. The van der Waals surface area contributed by atoms with Crippen LogP contribution in [0, 0.1) is 5.41 Å². The topological polar surface area (TPSA) is 45.1 Å². The zero-order chi connectivity index (χ0) is 11.3. The lowest BCUT2D eigenvalue weighted by molar-refractivity contribution is 0.149. The molecule has 4 heteroatoms. The summed E-state index contributed by atoms with van der Waals surface area (Å²) < 4.78 is 0.827. The molecule has 1 atom stereocenters. The Morgan fingerprint density at radius 3 is 2.73 bits per heavy atom. The zero-order valence-corrected chi connectivity index (χ0v) is 10.7. The molecule has 3 nitrogen and oxygen atoms in total. The molecule has 1 aromatic rings. The van der Waals surface area contributed by atoms with E-state index in [1.807, 2.05) is 12.1 Å². The first kappa shape index (κ1) is 12.5. The lowest BCUT2D eigenvalue weighted by atomic mass is 9.88. The molecule has 1 unspecified atom stereocenters. The second-order valence-corrected chi connectivity index (χ2v) is 4.86. The Morgan fingerprint density at radius 2 is 2.27 bits per heavy atom. The molecule has 0 radical (unpaired) electrons. The highest BCUT2D eigenvalue weighted by atomic mass is 79.9. The number of rotatable bonds is 5. The van der Waals surface area contributed by atoms with Crippen molar-refractivity contribution >= 4 is 21.6 Å². The zero-order valence-electron chi connectivity index (χ0n) is 9.13. The normalized spacial score (nSPS) is 14.7. The number of hydrogen-bond acceptors (Lipinski definition) is 3. The van der Waals surface area contributed by atoms with Gasteiger partial charge in [-0.2, -0.15) is 0 Å². The molecule has 0 aliphatic carbocycles. The number of hydrogen-bond donors (Lipinski definition) is 2.